The lowest BCUT2D eigenvalue weighted by molar-refractivity contribution is -0.146. The van der Waals surface area contributed by atoms with E-state index in [2.05, 4.69) is 12.1 Å². The van der Waals surface area contributed by atoms with Crippen molar-refractivity contribution in [2.24, 2.45) is 10.8 Å². The average Bonchev–Trinajstić information content (AvgIpc) is 3.51. The first-order valence-electron chi connectivity index (χ1n) is 10.3. The Balaban J connectivity index is 1.41. The van der Waals surface area contributed by atoms with Crippen LogP contribution in [0, 0.1) is 10.8 Å². The number of aliphatic hydroxyl groups is 1. The van der Waals surface area contributed by atoms with Gasteiger partial charge in [-0.15, -0.1) is 0 Å². The molecule has 146 valence electrons. The summed E-state index contributed by atoms with van der Waals surface area (Å²) < 4.78 is 0. The molecule has 1 atom stereocenters. The largest absolute Gasteiger partial charge is 0.395 e. The third-order valence-electron chi connectivity index (χ3n) is 6.82. The van der Waals surface area contributed by atoms with Crippen LogP contribution < -0.4 is 0 Å². The Morgan fingerprint density at radius 2 is 1.85 bits per heavy atom. The highest BCUT2D eigenvalue weighted by molar-refractivity contribution is 5.85. The van der Waals surface area contributed by atoms with Gasteiger partial charge in [0.15, 0.2) is 0 Å². The van der Waals surface area contributed by atoms with Crippen LogP contribution in [0.1, 0.15) is 44.1 Å². The fourth-order valence-corrected chi connectivity index (χ4v) is 4.86. The van der Waals surface area contributed by atoms with Crippen molar-refractivity contribution in [2.75, 3.05) is 32.8 Å². The first kappa shape index (κ1) is 18.5. The van der Waals surface area contributed by atoms with Crippen molar-refractivity contribution < 1.29 is 14.7 Å². The molecule has 4 rings (SSSR count). The van der Waals surface area contributed by atoms with E-state index in [-0.39, 0.29) is 23.8 Å². The van der Waals surface area contributed by atoms with E-state index in [1.807, 2.05) is 28.0 Å². The molecule has 5 heteroatoms. The Morgan fingerprint density at radius 1 is 1.07 bits per heavy atom. The van der Waals surface area contributed by atoms with Gasteiger partial charge in [-0.1, -0.05) is 30.3 Å². The van der Waals surface area contributed by atoms with Crippen LogP contribution in [0.2, 0.25) is 0 Å². The highest BCUT2D eigenvalue weighted by Gasteiger charge is 2.53. The van der Waals surface area contributed by atoms with Crippen LogP contribution in [-0.2, 0) is 16.0 Å². The van der Waals surface area contributed by atoms with Gasteiger partial charge in [0.25, 0.3) is 0 Å². The number of rotatable bonds is 5. The second kappa shape index (κ2) is 7.27. The van der Waals surface area contributed by atoms with Gasteiger partial charge in [0.2, 0.25) is 11.8 Å². The molecule has 0 radical (unpaired) electrons. The van der Waals surface area contributed by atoms with Crippen molar-refractivity contribution in [2.45, 2.75) is 44.9 Å². The Hall–Kier alpha value is -1.88. The Morgan fingerprint density at radius 3 is 2.56 bits per heavy atom. The number of hydrogen-bond donors (Lipinski definition) is 1. The van der Waals surface area contributed by atoms with Gasteiger partial charge in [0.1, 0.15) is 0 Å². The molecular formula is C22H30N2O3. The number of aliphatic hydroxyl groups excluding tert-OH is 1. The molecule has 2 aliphatic heterocycles. The second-order valence-corrected chi connectivity index (χ2v) is 8.82. The van der Waals surface area contributed by atoms with Gasteiger partial charge in [0, 0.05) is 38.0 Å². The molecule has 3 fully saturated rings. The molecule has 1 aliphatic carbocycles. The summed E-state index contributed by atoms with van der Waals surface area (Å²) in [4.78, 5) is 29.4. The summed E-state index contributed by atoms with van der Waals surface area (Å²) in [6, 6.07) is 10.3. The van der Waals surface area contributed by atoms with Gasteiger partial charge in [0.05, 0.1) is 12.0 Å². The summed E-state index contributed by atoms with van der Waals surface area (Å²) in [5, 5.41) is 9.61. The predicted octanol–water partition coefficient (Wildman–Crippen LogP) is 2.23. The standard InChI is InChI=1S/C22H30N2O3/c25-17-22(11-12-22)20(27)24-13-4-9-21(16-24)10-7-19(26)23(15-21)14-8-18-5-2-1-3-6-18/h1-3,5-6,25H,4,7-17H2. The lowest BCUT2D eigenvalue weighted by Crippen LogP contribution is -2.56. The van der Waals surface area contributed by atoms with E-state index in [1.165, 1.54) is 5.56 Å². The number of hydrogen-bond acceptors (Lipinski definition) is 3. The molecule has 2 heterocycles. The lowest BCUT2D eigenvalue weighted by Gasteiger charge is -2.48. The molecule has 0 aromatic heterocycles. The third-order valence-corrected chi connectivity index (χ3v) is 6.82. The van der Waals surface area contributed by atoms with Gasteiger partial charge in [-0.25, -0.2) is 0 Å². The van der Waals surface area contributed by atoms with E-state index in [9.17, 15) is 14.7 Å². The number of likely N-dealkylation sites (tertiary alicyclic amines) is 2. The highest BCUT2D eigenvalue weighted by Crippen LogP contribution is 2.48. The van der Waals surface area contributed by atoms with E-state index in [4.69, 9.17) is 0 Å². The average molecular weight is 370 g/mol. The smallest absolute Gasteiger partial charge is 0.231 e. The quantitative estimate of drug-likeness (QED) is 0.865. The van der Waals surface area contributed by atoms with E-state index in [0.29, 0.717) is 6.42 Å². The molecule has 1 aromatic carbocycles. The summed E-state index contributed by atoms with van der Waals surface area (Å²) in [6.45, 7) is 3.01. The monoisotopic (exact) mass is 370 g/mol. The molecule has 3 aliphatic rings. The Bertz CT molecular complexity index is 701. The van der Waals surface area contributed by atoms with E-state index in [0.717, 1.165) is 64.7 Å². The lowest BCUT2D eigenvalue weighted by atomic mass is 9.73. The fraction of sp³-hybridized carbons (Fsp3) is 0.636. The number of piperidine rings is 2. The SMILES string of the molecule is O=C1CCC2(CCCN(C(=O)C3(CO)CC3)C2)CN1CCc1ccccc1. The summed E-state index contributed by atoms with van der Waals surface area (Å²) in [5.74, 6) is 0.380. The Kier molecular flexibility index (Phi) is 4.97. The molecule has 1 unspecified atom stereocenters. The summed E-state index contributed by atoms with van der Waals surface area (Å²) in [5.41, 5.74) is 0.795. The maximum atomic E-state index is 12.9. The van der Waals surface area contributed by atoms with Crippen LogP contribution in [-0.4, -0.2) is 59.5 Å². The normalized spacial score (nSPS) is 27.1. The molecule has 27 heavy (non-hydrogen) atoms. The van der Waals surface area contributed by atoms with Crippen LogP contribution in [0.25, 0.3) is 0 Å². The van der Waals surface area contributed by atoms with E-state index >= 15 is 0 Å². The van der Waals surface area contributed by atoms with Crippen LogP contribution in [0.3, 0.4) is 0 Å². The van der Waals surface area contributed by atoms with Gasteiger partial charge < -0.3 is 14.9 Å². The molecule has 5 nitrogen and oxygen atoms in total. The summed E-state index contributed by atoms with van der Waals surface area (Å²) in [6.07, 6.45) is 6.04. The zero-order valence-corrected chi connectivity index (χ0v) is 16.0. The molecular weight excluding hydrogens is 340 g/mol. The minimum absolute atomic E-state index is 0.0307. The molecule has 0 bridgehead atoms. The maximum Gasteiger partial charge on any atom is 0.231 e. The molecule has 1 N–H and O–H groups in total. The van der Waals surface area contributed by atoms with Gasteiger partial charge >= 0.3 is 0 Å². The number of carbonyl (C=O) groups is 2. The van der Waals surface area contributed by atoms with Crippen molar-refractivity contribution in [3.8, 4) is 0 Å². The molecule has 1 saturated carbocycles. The van der Waals surface area contributed by atoms with Gasteiger partial charge in [-0.2, -0.15) is 0 Å². The second-order valence-electron chi connectivity index (χ2n) is 8.82. The molecule has 2 saturated heterocycles. The highest BCUT2D eigenvalue weighted by atomic mass is 16.3. The van der Waals surface area contributed by atoms with Gasteiger partial charge in [-0.3, -0.25) is 9.59 Å². The topological polar surface area (TPSA) is 60.9 Å². The summed E-state index contributed by atoms with van der Waals surface area (Å²) >= 11 is 0. The van der Waals surface area contributed by atoms with Gasteiger partial charge in [-0.05, 0) is 44.1 Å². The third kappa shape index (κ3) is 3.75. The van der Waals surface area contributed by atoms with Crippen molar-refractivity contribution in [1.29, 1.82) is 0 Å². The molecule has 2 amide bonds. The molecule has 1 aromatic rings. The van der Waals surface area contributed by atoms with Crippen molar-refractivity contribution in [3.63, 3.8) is 0 Å². The van der Waals surface area contributed by atoms with Crippen molar-refractivity contribution in [1.82, 2.24) is 9.80 Å². The maximum absolute atomic E-state index is 12.9. The predicted molar refractivity (Wildman–Crippen MR) is 103 cm³/mol. The Labute approximate surface area is 161 Å². The fourth-order valence-electron chi connectivity index (χ4n) is 4.86. The summed E-state index contributed by atoms with van der Waals surface area (Å²) in [7, 11) is 0. The zero-order chi connectivity index (χ0) is 18.9. The first-order chi connectivity index (χ1) is 13.1. The van der Waals surface area contributed by atoms with Crippen molar-refractivity contribution >= 4 is 11.8 Å². The van der Waals surface area contributed by atoms with E-state index < -0.39 is 5.41 Å². The van der Waals surface area contributed by atoms with Crippen LogP contribution >= 0.6 is 0 Å². The minimum atomic E-state index is -0.490. The zero-order valence-electron chi connectivity index (χ0n) is 16.0. The number of nitrogens with zero attached hydrogens (tertiary/aromatic N) is 2. The minimum Gasteiger partial charge on any atom is -0.395 e. The van der Waals surface area contributed by atoms with Crippen LogP contribution in [0.4, 0.5) is 0 Å². The first-order valence-corrected chi connectivity index (χ1v) is 10.3. The number of carbonyl (C=O) groups excluding carboxylic acids is 2. The van der Waals surface area contributed by atoms with Crippen molar-refractivity contribution in [3.05, 3.63) is 35.9 Å². The molecule has 1 spiro atoms. The van der Waals surface area contributed by atoms with Crippen LogP contribution in [0.5, 0.6) is 0 Å². The number of amides is 2. The van der Waals surface area contributed by atoms with Crippen LogP contribution in [0.15, 0.2) is 30.3 Å². The number of benzene rings is 1. The van der Waals surface area contributed by atoms with E-state index in [1.54, 1.807) is 0 Å².